The maximum Gasteiger partial charge on any atom is 0.442 e. The molecule has 11 heteroatoms. The number of ether oxygens (including phenoxy) is 2. The second-order valence-electron chi connectivity index (χ2n) is 10.3. The van der Waals surface area contributed by atoms with E-state index in [-0.39, 0.29) is 19.0 Å². The molecule has 1 aromatic heterocycles. The van der Waals surface area contributed by atoms with Crippen LogP contribution < -0.4 is 5.76 Å². The molecule has 2 aromatic rings. The summed E-state index contributed by atoms with van der Waals surface area (Å²) in [7, 11) is 1.51. The maximum atomic E-state index is 13.4. The number of rotatable bonds is 8. The number of hydrogen-bond acceptors (Lipinski definition) is 8. The molecule has 0 radical (unpaired) electrons. The molecule has 2 amide bonds. The van der Waals surface area contributed by atoms with E-state index >= 15 is 0 Å². The number of para-hydroxylation sites is 1. The van der Waals surface area contributed by atoms with Crippen molar-refractivity contribution in [2.75, 3.05) is 26.8 Å². The molecule has 0 bridgehead atoms. The maximum absolute atomic E-state index is 13.4. The lowest BCUT2D eigenvalue weighted by Crippen LogP contribution is -2.56. The fraction of sp³-hybridized carbons (Fsp3) is 0.560. The molecular formula is C25H34N4O7. The van der Waals surface area contributed by atoms with Gasteiger partial charge in [-0.15, -0.1) is 5.10 Å². The molecule has 1 atom stereocenters. The van der Waals surface area contributed by atoms with Crippen molar-refractivity contribution in [2.45, 2.75) is 64.6 Å². The van der Waals surface area contributed by atoms with Crippen LogP contribution in [0.2, 0.25) is 0 Å². The van der Waals surface area contributed by atoms with E-state index < -0.39 is 40.7 Å². The van der Waals surface area contributed by atoms with Gasteiger partial charge in [0.1, 0.15) is 18.2 Å². The number of ketones is 1. The molecule has 0 spiro atoms. The second kappa shape index (κ2) is 10.7. The molecule has 3 rings (SSSR count). The van der Waals surface area contributed by atoms with E-state index in [1.807, 2.05) is 0 Å². The van der Waals surface area contributed by atoms with Gasteiger partial charge in [0.15, 0.2) is 0 Å². The minimum absolute atomic E-state index is 0.171. The van der Waals surface area contributed by atoms with Crippen LogP contribution in [0.25, 0.3) is 5.69 Å². The highest BCUT2D eigenvalue weighted by molar-refractivity contribution is 5.99. The number of methoxy groups -OCH3 is 1. The summed E-state index contributed by atoms with van der Waals surface area (Å²) in [6.45, 7) is 8.95. The van der Waals surface area contributed by atoms with E-state index in [1.54, 1.807) is 65.0 Å². The number of likely N-dealkylation sites (tertiary alicyclic amines) is 1. The molecular weight excluding hydrogens is 468 g/mol. The Labute approximate surface area is 209 Å². The second-order valence-corrected chi connectivity index (χ2v) is 10.3. The Bertz CT molecular complexity index is 1150. The van der Waals surface area contributed by atoms with Crippen molar-refractivity contribution in [2.24, 2.45) is 0 Å². The minimum atomic E-state index is -0.856. The van der Waals surface area contributed by atoms with Gasteiger partial charge < -0.3 is 18.8 Å². The quantitative estimate of drug-likeness (QED) is 0.505. The standard InChI is InChI=1S/C25H34N4O7/c1-24(2,3)36-22(32)28(25(4,5)16-34-6)15-19(30)27-14-10-13-18(27)20(31)21-26-29(23(33)35-21)17-11-8-7-9-12-17/h7-9,11-12,18H,10,13-16H2,1-6H3/t18-/m0/s1. The summed E-state index contributed by atoms with van der Waals surface area (Å²) in [6, 6.07) is 7.73. The third-order valence-electron chi connectivity index (χ3n) is 5.77. The molecule has 1 fully saturated rings. The van der Waals surface area contributed by atoms with Gasteiger partial charge in [-0.05, 0) is 59.6 Å². The van der Waals surface area contributed by atoms with E-state index in [4.69, 9.17) is 13.9 Å². The van der Waals surface area contributed by atoms with Gasteiger partial charge in [0.2, 0.25) is 11.7 Å². The molecule has 11 nitrogen and oxygen atoms in total. The molecule has 1 aliphatic heterocycles. The van der Waals surface area contributed by atoms with E-state index in [0.717, 1.165) is 4.68 Å². The number of carbonyl (C=O) groups excluding carboxylic acids is 3. The van der Waals surface area contributed by atoms with Crippen LogP contribution in [0.1, 0.15) is 58.1 Å². The van der Waals surface area contributed by atoms with Gasteiger partial charge in [0.05, 0.1) is 17.8 Å². The lowest BCUT2D eigenvalue weighted by atomic mass is 10.0. The van der Waals surface area contributed by atoms with Crippen molar-refractivity contribution in [3.63, 3.8) is 0 Å². The predicted molar refractivity (Wildman–Crippen MR) is 130 cm³/mol. The normalized spacial score (nSPS) is 16.2. The molecule has 0 aliphatic carbocycles. The van der Waals surface area contributed by atoms with Crippen molar-refractivity contribution >= 4 is 17.8 Å². The first-order valence-electron chi connectivity index (χ1n) is 11.8. The smallest absolute Gasteiger partial charge is 0.442 e. The molecule has 0 N–H and O–H groups in total. The van der Waals surface area contributed by atoms with Gasteiger partial charge in [0, 0.05) is 13.7 Å². The highest BCUT2D eigenvalue weighted by Crippen LogP contribution is 2.24. The molecule has 1 aromatic carbocycles. The summed E-state index contributed by atoms with van der Waals surface area (Å²) in [4.78, 5) is 54.6. The average Bonchev–Trinajstić information content (AvgIpc) is 3.43. The Morgan fingerprint density at radius 1 is 1.14 bits per heavy atom. The molecule has 1 saturated heterocycles. The summed E-state index contributed by atoms with van der Waals surface area (Å²) in [5.74, 6) is -2.14. The zero-order valence-corrected chi connectivity index (χ0v) is 21.6. The number of amides is 2. The SMILES string of the molecule is COCC(C)(C)N(CC(=O)N1CCC[C@H]1C(=O)c1nn(-c2ccccc2)c(=O)o1)C(=O)OC(C)(C)C. The Kier molecular flexibility index (Phi) is 8.02. The number of aromatic nitrogens is 2. The summed E-state index contributed by atoms with van der Waals surface area (Å²) < 4.78 is 16.9. The van der Waals surface area contributed by atoms with Gasteiger partial charge in [-0.1, -0.05) is 18.2 Å². The van der Waals surface area contributed by atoms with E-state index in [2.05, 4.69) is 5.10 Å². The Morgan fingerprint density at radius 2 is 1.81 bits per heavy atom. The van der Waals surface area contributed by atoms with Crippen molar-refractivity contribution in [1.82, 2.24) is 19.6 Å². The largest absolute Gasteiger partial charge is 0.444 e. The van der Waals surface area contributed by atoms with Crippen LogP contribution in [0.3, 0.4) is 0 Å². The van der Waals surface area contributed by atoms with Crippen molar-refractivity contribution in [3.8, 4) is 5.69 Å². The van der Waals surface area contributed by atoms with Crippen LogP contribution in [0.5, 0.6) is 0 Å². The van der Waals surface area contributed by atoms with E-state index in [9.17, 15) is 19.2 Å². The monoisotopic (exact) mass is 502 g/mol. The third-order valence-corrected chi connectivity index (χ3v) is 5.77. The van der Waals surface area contributed by atoms with Crippen LogP contribution >= 0.6 is 0 Å². The fourth-order valence-corrected chi connectivity index (χ4v) is 4.09. The first kappa shape index (κ1) is 27.1. The Balaban J connectivity index is 1.81. The number of Topliss-reactive ketones (excluding diaryl/α,β-unsaturated/α-hetero) is 1. The first-order valence-corrected chi connectivity index (χ1v) is 11.8. The van der Waals surface area contributed by atoms with Crippen LogP contribution in [0, 0.1) is 0 Å². The van der Waals surface area contributed by atoms with Crippen molar-refractivity contribution in [1.29, 1.82) is 0 Å². The number of nitrogens with zero attached hydrogens (tertiary/aromatic N) is 4. The zero-order valence-electron chi connectivity index (χ0n) is 21.6. The number of hydrogen-bond donors (Lipinski definition) is 0. The van der Waals surface area contributed by atoms with Crippen molar-refractivity contribution < 1.29 is 28.3 Å². The van der Waals surface area contributed by atoms with Gasteiger partial charge in [-0.25, -0.2) is 9.59 Å². The average molecular weight is 503 g/mol. The van der Waals surface area contributed by atoms with E-state index in [1.165, 1.54) is 16.9 Å². The van der Waals surface area contributed by atoms with Gasteiger partial charge >= 0.3 is 11.8 Å². The Hall–Kier alpha value is -3.47. The lowest BCUT2D eigenvalue weighted by Gasteiger charge is -2.39. The summed E-state index contributed by atoms with van der Waals surface area (Å²) in [5.41, 5.74) is -1.16. The third kappa shape index (κ3) is 6.20. The molecule has 0 saturated carbocycles. The fourth-order valence-electron chi connectivity index (χ4n) is 4.09. The van der Waals surface area contributed by atoms with Crippen LogP contribution in [-0.4, -0.2) is 81.4 Å². The highest BCUT2D eigenvalue weighted by atomic mass is 16.6. The van der Waals surface area contributed by atoms with Crippen LogP contribution in [0.4, 0.5) is 4.79 Å². The molecule has 36 heavy (non-hydrogen) atoms. The van der Waals surface area contributed by atoms with Gasteiger partial charge in [-0.3, -0.25) is 14.5 Å². The van der Waals surface area contributed by atoms with E-state index in [0.29, 0.717) is 25.1 Å². The Morgan fingerprint density at radius 3 is 2.42 bits per heavy atom. The minimum Gasteiger partial charge on any atom is -0.444 e. The topological polar surface area (TPSA) is 124 Å². The lowest BCUT2D eigenvalue weighted by molar-refractivity contribution is -0.134. The zero-order chi connectivity index (χ0) is 26.7. The predicted octanol–water partition coefficient (Wildman–Crippen LogP) is 2.66. The highest BCUT2D eigenvalue weighted by Gasteiger charge is 2.41. The molecule has 1 aliphatic rings. The summed E-state index contributed by atoms with van der Waals surface area (Å²) >= 11 is 0. The number of benzene rings is 1. The molecule has 196 valence electrons. The molecule has 2 heterocycles. The van der Waals surface area contributed by atoms with Crippen LogP contribution in [0.15, 0.2) is 39.5 Å². The molecule has 0 unspecified atom stereocenters. The van der Waals surface area contributed by atoms with Crippen LogP contribution in [-0.2, 0) is 14.3 Å². The summed E-state index contributed by atoms with van der Waals surface area (Å²) in [6.07, 6.45) is 0.313. The van der Waals surface area contributed by atoms with Gasteiger partial charge in [-0.2, -0.15) is 4.68 Å². The van der Waals surface area contributed by atoms with Gasteiger partial charge in [0.25, 0.3) is 5.89 Å². The van der Waals surface area contributed by atoms with Crippen molar-refractivity contribution in [3.05, 3.63) is 46.8 Å². The summed E-state index contributed by atoms with van der Waals surface area (Å²) in [5, 5.41) is 4.06. The first-order chi connectivity index (χ1) is 16.8. The number of carbonyl (C=O) groups is 3.